The third kappa shape index (κ3) is 2.49. The Labute approximate surface area is 121 Å². The van der Waals surface area contributed by atoms with Crippen molar-refractivity contribution in [2.45, 2.75) is 12.6 Å². The molecule has 0 spiro atoms. The molecule has 4 nitrogen and oxygen atoms in total. The minimum Gasteiger partial charge on any atom is -0.505 e. The lowest BCUT2D eigenvalue weighted by atomic mass is 9.85. The predicted molar refractivity (Wildman–Crippen MR) is 70.4 cm³/mol. The summed E-state index contributed by atoms with van der Waals surface area (Å²) in [6, 6.07) is 4.36. The van der Waals surface area contributed by atoms with E-state index in [1.165, 1.54) is 18.2 Å². The Morgan fingerprint density at radius 1 is 1.45 bits per heavy atom. The van der Waals surface area contributed by atoms with Crippen molar-refractivity contribution in [3.8, 4) is 5.75 Å². The van der Waals surface area contributed by atoms with E-state index in [1.807, 2.05) is 0 Å². The van der Waals surface area contributed by atoms with Crippen LogP contribution in [0.25, 0.3) is 0 Å². The van der Waals surface area contributed by atoms with E-state index in [9.17, 15) is 23.1 Å². The van der Waals surface area contributed by atoms with Crippen molar-refractivity contribution in [2.75, 3.05) is 18.4 Å². The number of anilines is 1. The summed E-state index contributed by atoms with van der Waals surface area (Å²) in [7, 11) is 0. The molecule has 1 aliphatic rings. The lowest BCUT2D eigenvalue weighted by molar-refractivity contribution is -0.213. The van der Waals surface area contributed by atoms with Crippen LogP contribution in [0.5, 0.6) is 5.75 Å². The van der Waals surface area contributed by atoms with Gasteiger partial charge in [-0.25, -0.2) is 0 Å². The summed E-state index contributed by atoms with van der Waals surface area (Å²) in [4.78, 5) is 12.0. The normalized spacial score (nSPS) is 22.8. The van der Waals surface area contributed by atoms with Crippen molar-refractivity contribution >= 4 is 27.5 Å². The third-order valence-electron chi connectivity index (χ3n) is 3.37. The second-order valence-corrected chi connectivity index (χ2v) is 5.45. The molecule has 0 saturated carbocycles. The van der Waals surface area contributed by atoms with Gasteiger partial charge in [0.2, 0.25) is 5.91 Å². The molecule has 0 aliphatic carbocycles. The number of carbonyl (C=O) groups excluding carboxylic acids is 1. The van der Waals surface area contributed by atoms with Gasteiger partial charge in [0.05, 0.1) is 10.2 Å². The Morgan fingerprint density at radius 2 is 2.15 bits per heavy atom. The highest BCUT2D eigenvalue weighted by molar-refractivity contribution is 9.10. The fraction of sp³-hybridized carbons (Fsp3) is 0.417. The van der Waals surface area contributed by atoms with Crippen LogP contribution in [-0.4, -0.2) is 30.3 Å². The molecule has 8 heteroatoms. The van der Waals surface area contributed by atoms with E-state index in [4.69, 9.17) is 0 Å². The number of alkyl halides is 3. The number of phenols is 1. The smallest absolute Gasteiger partial charge is 0.404 e. The summed E-state index contributed by atoms with van der Waals surface area (Å²) in [5.74, 6) is -1.47. The van der Waals surface area contributed by atoms with Crippen LogP contribution >= 0.6 is 15.9 Å². The number of nitrogens with one attached hydrogen (secondary N) is 2. The van der Waals surface area contributed by atoms with Crippen molar-refractivity contribution in [3.63, 3.8) is 0 Å². The standard InChI is InChI=1S/C12H12BrF3N2O2/c13-7-2-1-3-8(9(7)19)18-10(20)11(12(14,15)16)4-5-17-6-11/h1-3,17,19H,4-6H2,(H,18,20). The number of hydrogen-bond donors (Lipinski definition) is 3. The summed E-state index contributed by atoms with van der Waals surface area (Å²) in [6.45, 7) is -0.339. The van der Waals surface area contributed by atoms with Crippen LogP contribution in [-0.2, 0) is 4.79 Å². The zero-order valence-electron chi connectivity index (χ0n) is 10.2. The van der Waals surface area contributed by atoms with E-state index in [-0.39, 0.29) is 24.4 Å². The molecular weight excluding hydrogens is 341 g/mol. The highest BCUT2D eigenvalue weighted by atomic mass is 79.9. The Morgan fingerprint density at radius 3 is 2.70 bits per heavy atom. The van der Waals surface area contributed by atoms with E-state index in [0.717, 1.165) is 0 Å². The largest absolute Gasteiger partial charge is 0.505 e. The van der Waals surface area contributed by atoms with Gasteiger partial charge in [-0.1, -0.05) is 6.07 Å². The van der Waals surface area contributed by atoms with Gasteiger partial charge in [0.1, 0.15) is 0 Å². The van der Waals surface area contributed by atoms with Crippen molar-refractivity contribution < 1.29 is 23.1 Å². The van der Waals surface area contributed by atoms with Crippen molar-refractivity contribution in [2.24, 2.45) is 5.41 Å². The molecule has 1 heterocycles. The topological polar surface area (TPSA) is 61.4 Å². The monoisotopic (exact) mass is 352 g/mol. The van der Waals surface area contributed by atoms with Crippen molar-refractivity contribution in [1.29, 1.82) is 0 Å². The first-order valence-electron chi connectivity index (χ1n) is 5.84. The van der Waals surface area contributed by atoms with Gasteiger partial charge in [0.15, 0.2) is 11.2 Å². The van der Waals surface area contributed by atoms with Gasteiger partial charge >= 0.3 is 6.18 Å². The van der Waals surface area contributed by atoms with E-state index < -0.39 is 24.0 Å². The Balaban J connectivity index is 2.29. The molecule has 0 radical (unpaired) electrons. The maximum Gasteiger partial charge on any atom is 0.404 e. The second-order valence-electron chi connectivity index (χ2n) is 4.60. The van der Waals surface area contributed by atoms with Crippen LogP contribution in [0, 0.1) is 5.41 Å². The molecule has 1 atom stereocenters. The first kappa shape index (κ1) is 15.1. The fourth-order valence-corrected chi connectivity index (χ4v) is 2.48. The average Bonchev–Trinajstić information content (AvgIpc) is 2.85. The lowest BCUT2D eigenvalue weighted by Gasteiger charge is -2.29. The molecule has 2 rings (SSSR count). The van der Waals surface area contributed by atoms with Crippen molar-refractivity contribution in [3.05, 3.63) is 22.7 Å². The number of hydrogen-bond acceptors (Lipinski definition) is 3. The quantitative estimate of drug-likeness (QED) is 0.717. The predicted octanol–water partition coefficient (Wildman–Crippen LogP) is 2.64. The lowest BCUT2D eigenvalue weighted by Crippen LogP contribution is -2.49. The fourth-order valence-electron chi connectivity index (χ4n) is 2.11. The summed E-state index contributed by atoms with van der Waals surface area (Å²) < 4.78 is 39.8. The second kappa shape index (κ2) is 5.25. The number of carbonyl (C=O) groups is 1. The Bertz CT molecular complexity index is 528. The molecule has 1 aromatic carbocycles. The van der Waals surface area contributed by atoms with Gasteiger partial charge < -0.3 is 15.7 Å². The molecule has 1 aromatic rings. The number of amides is 1. The Hall–Kier alpha value is -1.28. The molecule has 0 aromatic heterocycles. The summed E-state index contributed by atoms with van der Waals surface area (Å²) >= 11 is 3.04. The zero-order chi connectivity index (χ0) is 15.0. The molecule has 0 bridgehead atoms. The van der Waals surface area contributed by atoms with E-state index in [1.54, 1.807) is 0 Å². The third-order valence-corrected chi connectivity index (χ3v) is 4.01. The highest BCUT2D eigenvalue weighted by Crippen LogP contribution is 2.44. The number of rotatable bonds is 2. The summed E-state index contributed by atoms with van der Waals surface area (Å²) in [6.07, 6.45) is -4.97. The molecule has 1 saturated heterocycles. The molecule has 20 heavy (non-hydrogen) atoms. The van der Waals surface area contributed by atoms with Gasteiger partial charge in [-0.15, -0.1) is 0 Å². The minimum absolute atomic E-state index is 0.0556. The maximum absolute atomic E-state index is 13.2. The van der Waals surface area contributed by atoms with Crippen LogP contribution in [0.2, 0.25) is 0 Å². The van der Waals surface area contributed by atoms with Crippen LogP contribution in [0.4, 0.5) is 18.9 Å². The Kier molecular flexibility index (Phi) is 3.97. The maximum atomic E-state index is 13.2. The van der Waals surface area contributed by atoms with E-state index in [2.05, 4.69) is 26.6 Å². The molecule has 1 amide bonds. The van der Waals surface area contributed by atoms with Gasteiger partial charge in [-0.3, -0.25) is 4.79 Å². The first-order valence-corrected chi connectivity index (χ1v) is 6.63. The number of benzene rings is 1. The molecule has 1 unspecified atom stereocenters. The minimum atomic E-state index is -4.65. The van der Waals surface area contributed by atoms with Gasteiger partial charge in [0, 0.05) is 6.54 Å². The number of aromatic hydroxyl groups is 1. The van der Waals surface area contributed by atoms with Gasteiger partial charge in [-0.05, 0) is 41.0 Å². The van der Waals surface area contributed by atoms with Crippen LogP contribution < -0.4 is 10.6 Å². The van der Waals surface area contributed by atoms with Gasteiger partial charge in [-0.2, -0.15) is 13.2 Å². The van der Waals surface area contributed by atoms with Crippen LogP contribution in [0.15, 0.2) is 22.7 Å². The molecule has 3 N–H and O–H groups in total. The van der Waals surface area contributed by atoms with E-state index in [0.29, 0.717) is 4.47 Å². The molecular formula is C12H12BrF3N2O2. The molecule has 1 aliphatic heterocycles. The number of halogens is 4. The number of phenolic OH excluding ortho intramolecular Hbond substituents is 1. The summed E-state index contributed by atoms with van der Waals surface area (Å²) in [5.41, 5.74) is -2.51. The van der Waals surface area contributed by atoms with E-state index >= 15 is 0 Å². The van der Waals surface area contributed by atoms with Crippen LogP contribution in [0.1, 0.15) is 6.42 Å². The summed E-state index contributed by atoms with van der Waals surface area (Å²) in [5, 5.41) is 14.4. The zero-order valence-corrected chi connectivity index (χ0v) is 11.8. The molecule has 110 valence electrons. The van der Waals surface area contributed by atoms with Crippen LogP contribution in [0.3, 0.4) is 0 Å². The SMILES string of the molecule is O=C(Nc1cccc(Br)c1O)C1(C(F)(F)F)CCNC1. The molecule has 1 fully saturated rings. The highest BCUT2D eigenvalue weighted by Gasteiger charge is 2.61. The average molecular weight is 353 g/mol. The van der Waals surface area contributed by atoms with Crippen molar-refractivity contribution in [1.82, 2.24) is 5.32 Å². The number of para-hydroxylation sites is 1. The first-order chi connectivity index (χ1) is 9.28. The van der Waals surface area contributed by atoms with Gasteiger partial charge in [0.25, 0.3) is 0 Å².